The topological polar surface area (TPSA) is 102 Å². The third-order valence-corrected chi connectivity index (χ3v) is 4.64. The maximum atomic E-state index is 12.3. The summed E-state index contributed by atoms with van der Waals surface area (Å²) in [4.78, 5) is 37.9. The zero-order valence-electron chi connectivity index (χ0n) is 14.8. The largest absolute Gasteiger partial charge is 0.455 e. The van der Waals surface area contributed by atoms with E-state index in [0.29, 0.717) is 16.5 Å². The quantitative estimate of drug-likeness (QED) is 0.785. The van der Waals surface area contributed by atoms with Gasteiger partial charge in [0.1, 0.15) is 5.76 Å². The summed E-state index contributed by atoms with van der Waals surface area (Å²) in [7, 11) is 0. The Kier molecular flexibility index (Phi) is 5.46. The second kappa shape index (κ2) is 7.79. The van der Waals surface area contributed by atoms with Crippen molar-refractivity contribution in [1.29, 1.82) is 0 Å². The molecule has 0 bridgehead atoms. The monoisotopic (exact) mass is 391 g/mol. The van der Waals surface area contributed by atoms with Crippen LogP contribution in [-0.4, -0.2) is 36.1 Å². The van der Waals surface area contributed by atoms with E-state index in [2.05, 4.69) is 10.5 Å². The Balaban J connectivity index is 1.56. The van der Waals surface area contributed by atoms with Crippen molar-refractivity contribution in [2.75, 3.05) is 23.4 Å². The number of rotatable bonds is 5. The molecule has 9 heteroatoms. The van der Waals surface area contributed by atoms with E-state index >= 15 is 0 Å². The predicted octanol–water partition coefficient (Wildman–Crippen LogP) is 2.48. The molecule has 1 aromatic carbocycles. The van der Waals surface area contributed by atoms with Gasteiger partial charge >= 0.3 is 5.97 Å². The van der Waals surface area contributed by atoms with Gasteiger partial charge in [-0.25, -0.2) is 0 Å². The average molecular weight is 392 g/mol. The highest BCUT2D eigenvalue weighted by Gasteiger charge is 2.37. The summed E-state index contributed by atoms with van der Waals surface area (Å²) in [5, 5.41) is 6.62. The number of nitrogens with one attached hydrogen (secondary N) is 1. The molecule has 8 nitrogen and oxygen atoms in total. The van der Waals surface area contributed by atoms with Crippen LogP contribution in [0.1, 0.15) is 17.7 Å². The number of carbonyl (C=O) groups excluding carboxylic acids is 3. The van der Waals surface area contributed by atoms with E-state index in [4.69, 9.17) is 20.9 Å². The van der Waals surface area contributed by atoms with Gasteiger partial charge in [0.2, 0.25) is 5.91 Å². The van der Waals surface area contributed by atoms with Gasteiger partial charge in [-0.3, -0.25) is 14.4 Å². The number of carbonyl (C=O) groups is 3. The highest BCUT2D eigenvalue weighted by atomic mass is 35.5. The van der Waals surface area contributed by atoms with E-state index in [9.17, 15) is 14.4 Å². The molecule has 1 aromatic heterocycles. The van der Waals surface area contributed by atoms with E-state index in [1.165, 1.54) is 4.90 Å². The SMILES string of the molecule is Cc1cc(NC(=O)COC(=O)[C@H]2CC(=O)N(c3cccc(Cl)c3C)C2)no1. The van der Waals surface area contributed by atoms with Crippen molar-refractivity contribution in [3.05, 3.63) is 40.6 Å². The smallest absolute Gasteiger partial charge is 0.311 e. The van der Waals surface area contributed by atoms with Gasteiger partial charge in [-0.05, 0) is 31.5 Å². The van der Waals surface area contributed by atoms with Gasteiger partial charge in [0, 0.05) is 29.7 Å². The molecule has 2 amide bonds. The van der Waals surface area contributed by atoms with Crippen LogP contribution in [0.3, 0.4) is 0 Å². The number of aryl methyl sites for hydroxylation is 1. The minimum Gasteiger partial charge on any atom is -0.455 e. The number of esters is 1. The Morgan fingerprint density at radius 1 is 1.41 bits per heavy atom. The molecule has 27 heavy (non-hydrogen) atoms. The highest BCUT2D eigenvalue weighted by Crippen LogP contribution is 2.31. The van der Waals surface area contributed by atoms with Crippen LogP contribution in [0.4, 0.5) is 11.5 Å². The van der Waals surface area contributed by atoms with Crippen LogP contribution >= 0.6 is 11.6 Å². The fraction of sp³-hybridized carbons (Fsp3) is 0.333. The Morgan fingerprint density at radius 2 is 2.19 bits per heavy atom. The Morgan fingerprint density at radius 3 is 2.89 bits per heavy atom. The fourth-order valence-electron chi connectivity index (χ4n) is 2.85. The predicted molar refractivity (Wildman–Crippen MR) is 97.5 cm³/mol. The Bertz CT molecular complexity index is 895. The van der Waals surface area contributed by atoms with Crippen LogP contribution in [0.5, 0.6) is 0 Å². The Hall–Kier alpha value is -2.87. The number of hydrogen-bond donors (Lipinski definition) is 1. The maximum absolute atomic E-state index is 12.3. The zero-order chi connectivity index (χ0) is 19.6. The molecule has 1 fully saturated rings. The van der Waals surface area contributed by atoms with Crippen molar-refractivity contribution in [2.24, 2.45) is 5.92 Å². The molecule has 0 saturated carbocycles. The first-order valence-electron chi connectivity index (χ1n) is 8.30. The number of anilines is 2. The van der Waals surface area contributed by atoms with Gasteiger partial charge in [-0.1, -0.05) is 22.8 Å². The number of halogens is 1. The highest BCUT2D eigenvalue weighted by molar-refractivity contribution is 6.31. The molecular formula is C18H18ClN3O5. The summed E-state index contributed by atoms with van der Waals surface area (Å²) in [6.45, 7) is 3.22. The van der Waals surface area contributed by atoms with Gasteiger partial charge in [0.05, 0.1) is 5.92 Å². The second-order valence-corrected chi connectivity index (χ2v) is 6.68. The molecule has 0 unspecified atom stereocenters. The minimum absolute atomic E-state index is 0.0227. The lowest BCUT2D eigenvalue weighted by molar-refractivity contribution is -0.151. The molecule has 0 spiro atoms. The molecular weight excluding hydrogens is 374 g/mol. The van der Waals surface area contributed by atoms with E-state index in [1.807, 2.05) is 6.92 Å². The zero-order valence-corrected chi connectivity index (χ0v) is 15.6. The Labute approximate surface area is 160 Å². The lowest BCUT2D eigenvalue weighted by Crippen LogP contribution is -2.28. The molecule has 3 rings (SSSR count). The number of aromatic nitrogens is 1. The number of amides is 2. The average Bonchev–Trinajstić information content (AvgIpc) is 3.21. The first kappa shape index (κ1) is 18.9. The van der Waals surface area contributed by atoms with Crippen molar-refractivity contribution in [2.45, 2.75) is 20.3 Å². The number of hydrogen-bond acceptors (Lipinski definition) is 6. The summed E-state index contributed by atoms with van der Waals surface area (Å²) < 4.78 is 9.87. The van der Waals surface area contributed by atoms with Crippen molar-refractivity contribution in [1.82, 2.24) is 5.16 Å². The van der Waals surface area contributed by atoms with Crippen molar-refractivity contribution >= 4 is 40.9 Å². The summed E-state index contributed by atoms with van der Waals surface area (Å²) in [5.74, 6) is -1.18. The van der Waals surface area contributed by atoms with Crippen LogP contribution in [0.2, 0.25) is 5.02 Å². The standard InChI is InChI=1S/C18H18ClN3O5/c1-10-6-15(21-27-10)20-16(23)9-26-18(25)12-7-17(24)22(8-12)14-5-3-4-13(19)11(14)2/h3-6,12H,7-9H2,1-2H3,(H,20,21,23)/t12-/m0/s1. The van der Waals surface area contributed by atoms with Gasteiger partial charge < -0.3 is 19.5 Å². The van der Waals surface area contributed by atoms with Gasteiger partial charge in [-0.2, -0.15) is 0 Å². The lowest BCUT2D eigenvalue weighted by Gasteiger charge is -2.19. The van der Waals surface area contributed by atoms with E-state index in [1.54, 1.807) is 31.2 Å². The molecule has 0 radical (unpaired) electrons. The first-order chi connectivity index (χ1) is 12.8. The van der Waals surface area contributed by atoms with Gasteiger partial charge in [0.25, 0.3) is 5.91 Å². The van der Waals surface area contributed by atoms with E-state index in [0.717, 1.165) is 5.56 Å². The van der Waals surface area contributed by atoms with Gasteiger partial charge in [-0.15, -0.1) is 0 Å². The van der Waals surface area contributed by atoms with Crippen LogP contribution in [0.15, 0.2) is 28.8 Å². The number of ether oxygens (including phenoxy) is 1. The third kappa shape index (κ3) is 4.28. The number of benzene rings is 1. The van der Waals surface area contributed by atoms with Crippen LogP contribution in [0.25, 0.3) is 0 Å². The van der Waals surface area contributed by atoms with Crippen molar-refractivity contribution in [3.8, 4) is 0 Å². The molecule has 2 aromatic rings. The second-order valence-electron chi connectivity index (χ2n) is 6.27. The molecule has 1 aliphatic rings. The van der Waals surface area contributed by atoms with E-state index in [-0.39, 0.29) is 24.7 Å². The third-order valence-electron chi connectivity index (χ3n) is 4.23. The first-order valence-corrected chi connectivity index (χ1v) is 8.68. The maximum Gasteiger partial charge on any atom is 0.311 e. The molecule has 1 aliphatic heterocycles. The summed E-state index contributed by atoms with van der Waals surface area (Å²) in [6.07, 6.45) is 0.0227. The summed E-state index contributed by atoms with van der Waals surface area (Å²) in [5.41, 5.74) is 1.44. The number of nitrogens with zero attached hydrogens (tertiary/aromatic N) is 2. The lowest BCUT2D eigenvalue weighted by atomic mass is 10.1. The molecule has 142 valence electrons. The van der Waals surface area contributed by atoms with Crippen LogP contribution in [-0.2, 0) is 19.1 Å². The molecule has 0 aliphatic carbocycles. The van der Waals surface area contributed by atoms with Crippen molar-refractivity contribution in [3.63, 3.8) is 0 Å². The molecule has 1 atom stereocenters. The minimum atomic E-state index is -0.641. The normalized spacial score (nSPS) is 16.5. The van der Waals surface area contributed by atoms with E-state index < -0.39 is 24.4 Å². The summed E-state index contributed by atoms with van der Waals surface area (Å²) >= 11 is 6.11. The fourth-order valence-corrected chi connectivity index (χ4v) is 3.02. The summed E-state index contributed by atoms with van der Waals surface area (Å²) in [6, 6.07) is 6.81. The van der Waals surface area contributed by atoms with Crippen LogP contribution in [0, 0.1) is 19.8 Å². The van der Waals surface area contributed by atoms with Gasteiger partial charge in [0.15, 0.2) is 12.4 Å². The molecule has 1 saturated heterocycles. The molecule has 2 heterocycles. The van der Waals surface area contributed by atoms with Crippen molar-refractivity contribution < 1.29 is 23.6 Å². The molecule has 1 N–H and O–H groups in total. The van der Waals surface area contributed by atoms with Crippen LogP contribution < -0.4 is 10.2 Å².